The number of carbonyl (C=O) groups excluding carboxylic acids is 1. The Morgan fingerprint density at radius 3 is 2.39 bits per heavy atom. The summed E-state index contributed by atoms with van der Waals surface area (Å²) in [5.41, 5.74) is -0.219. The van der Waals surface area contributed by atoms with Gasteiger partial charge in [0.1, 0.15) is 5.78 Å². The molecule has 0 amide bonds. The molecule has 3 aliphatic carbocycles. The highest BCUT2D eigenvalue weighted by Crippen LogP contribution is 2.50. The average molecular weight is 337 g/mol. The van der Waals surface area contributed by atoms with E-state index in [9.17, 15) is 4.79 Å². The lowest BCUT2D eigenvalue weighted by Crippen LogP contribution is -2.48. The lowest BCUT2D eigenvalue weighted by molar-refractivity contribution is -0.133. The molecule has 0 unspecified atom stereocenters. The Labute approximate surface area is 144 Å². The molecule has 3 heteroatoms. The van der Waals surface area contributed by atoms with Gasteiger partial charge in [0.25, 0.3) is 0 Å². The first-order chi connectivity index (χ1) is 10.4. The van der Waals surface area contributed by atoms with Crippen LogP contribution >= 0.6 is 0 Å². The molecule has 3 rings (SSSR count). The van der Waals surface area contributed by atoms with Crippen molar-refractivity contribution in [2.45, 2.75) is 72.5 Å². The third kappa shape index (κ3) is 3.66. The average Bonchev–Trinajstić information content (AvgIpc) is 2.39. The van der Waals surface area contributed by atoms with Crippen LogP contribution in [0.3, 0.4) is 0 Å². The molecule has 0 radical (unpaired) electrons. The summed E-state index contributed by atoms with van der Waals surface area (Å²) >= 11 is 0. The highest BCUT2D eigenvalue weighted by atomic mass is 28.4. The van der Waals surface area contributed by atoms with Gasteiger partial charge in [-0.1, -0.05) is 46.8 Å². The SMILES string of the molecule is CC(C)[C@H](CO[Si](C)(C)C(C)(C)C)[C@H]1C[C@]2(C)C=C[C@H]1CC2=O. The number of hydrogen-bond donors (Lipinski definition) is 0. The first-order valence-corrected chi connectivity index (χ1v) is 12.1. The lowest BCUT2D eigenvalue weighted by atomic mass is 9.56. The summed E-state index contributed by atoms with van der Waals surface area (Å²) < 4.78 is 6.57. The van der Waals surface area contributed by atoms with Gasteiger partial charge >= 0.3 is 0 Å². The fourth-order valence-electron chi connectivity index (χ4n) is 3.86. The molecule has 2 nitrogen and oxygen atoms in total. The molecule has 0 N–H and O–H groups in total. The van der Waals surface area contributed by atoms with Gasteiger partial charge in [-0.05, 0) is 55.1 Å². The Balaban J connectivity index is 2.12. The zero-order chi connectivity index (χ0) is 17.6. The quantitative estimate of drug-likeness (QED) is 0.493. The van der Waals surface area contributed by atoms with Gasteiger partial charge in [-0.25, -0.2) is 0 Å². The van der Waals surface area contributed by atoms with Crippen molar-refractivity contribution in [2.24, 2.45) is 29.1 Å². The van der Waals surface area contributed by atoms with Crippen LogP contribution in [-0.2, 0) is 9.22 Å². The second kappa shape index (κ2) is 6.14. The van der Waals surface area contributed by atoms with E-state index in [0.717, 1.165) is 19.4 Å². The lowest BCUT2D eigenvalue weighted by Gasteiger charge is -2.48. The highest BCUT2D eigenvalue weighted by molar-refractivity contribution is 6.74. The number of rotatable bonds is 5. The van der Waals surface area contributed by atoms with Crippen molar-refractivity contribution >= 4 is 14.1 Å². The minimum absolute atomic E-state index is 0.219. The summed E-state index contributed by atoms with van der Waals surface area (Å²) in [6.45, 7) is 19.2. The molecule has 0 aromatic carbocycles. The molecule has 23 heavy (non-hydrogen) atoms. The summed E-state index contributed by atoms with van der Waals surface area (Å²) in [5, 5.41) is 0.252. The summed E-state index contributed by atoms with van der Waals surface area (Å²) in [5.74, 6) is 2.60. The Kier molecular flexibility index (Phi) is 5.05. The number of fused-ring (bicyclic) bond motifs is 2. The molecule has 0 aromatic rings. The van der Waals surface area contributed by atoms with Crippen LogP contribution in [0, 0.1) is 29.1 Å². The van der Waals surface area contributed by atoms with E-state index in [4.69, 9.17) is 4.43 Å². The van der Waals surface area contributed by atoms with Crippen LogP contribution in [0.25, 0.3) is 0 Å². The Morgan fingerprint density at radius 2 is 1.96 bits per heavy atom. The van der Waals surface area contributed by atoms with Crippen molar-refractivity contribution < 1.29 is 9.22 Å². The van der Waals surface area contributed by atoms with Gasteiger partial charge in [0, 0.05) is 18.4 Å². The maximum Gasteiger partial charge on any atom is 0.191 e. The number of Topliss-reactive ketones (excluding diaryl/α,β-unsaturated/α-hetero) is 1. The van der Waals surface area contributed by atoms with E-state index in [2.05, 4.69) is 66.8 Å². The second-order valence-corrected chi connectivity index (χ2v) is 14.7. The van der Waals surface area contributed by atoms with Gasteiger partial charge < -0.3 is 4.43 Å². The molecule has 4 atom stereocenters. The third-order valence-corrected chi connectivity index (χ3v) is 11.3. The Morgan fingerprint density at radius 1 is 1.35 bits per heavy atom. The van der Waals surface area contributed by atoms with Crippen LogP contribution < -0.4 is 0 Å². The van der Waals surface area contributed by atoms with Gasteiger partial charge in [0.2, 0.25) is 0 Å². The predicted octanol–water partition coefficient (Wildman–Crippen LogP) is 5.45. The highest BCUT2D eigenvalue weighted by Gasteiger charge is 2.48. The van der Waals surface area contributed by atoms with E-state index < -0.39 is 8.32 Å². The monoisotopic (exact) mass is 336 g/mol. The van der Waals surface area contributed by atoms with Crippen molar-refractivity contribution in [1.82, 2.24) is 0 Å². The van der Waals surface area contributed by atoms with Crippen LogP contribution in [0.15, 0.2) is 12.2 Å². The fourth-order valence-corrected chi connectivity index (χ4v) is 4.90. The topological polar surface area (TPSA) is 26.3 Å². The van der Waals surface area contributed by atoms with E-state index >= 15 is 0 Å². The molecule has 132 valence electrons. The van der Waals surface area contributed by atoms with Crippen LogP contribution in [0.2, 0.25) is 18.1 Å². The van der Waals surface area contributed by atoms with Crippen molar-refractivity contribution in [3.8, 4) is 0 Å². The predicted molar refractivity (Wildman–Crippen MR) is 99.9 cm³/mol. The molecule has 0 aromatic heterocycles. The normalized spacial score (nSPS) is 32.7. The van der Waals surface area contributed by atoms with E-state index in [1.807, 2.05) is 0 Å². The van der Waals surface area contributed by atoms with E-state index in [0.29, 0.717) is 29.5 Å². The minimum Gasteiger partial charge on any atom is -0.417 e. The number of ketones is 1. The van der Waals surface area contributed by atoms with Crippen molar-refractivity contribution in [3.63, 3.8) is 0 Å². The van der Waals surface area contributed by atoms with E-state index in [1.54, 1.807) is 0 Å². The molecule has 0 aliphatic heterocycles. The summed E-state index contributed by atoms with van der Waals surface area (Å²) in [6, 6.07) is 0. The number of allylic oxidation sites excluding steroid dienone is 2. The minimum atomic E-state index is -1.72. The van der Waals surface area contributed by atoms with Gasteiger partial charge in [-0.3, -0.25) is 4.79 Å². The third-order valence-electron chi connectivity index (χ3n) is 6.83. The van der Waals surface area contributed by atoms with Crippen LogP contribution in [-0.4, -0.2) is 20.7 Å². The van der Waals surface area contributed by atoms with Crippen LogP contribution in [0.4, 0.5) is 0 Å². The Hall–Kier alpha value is -0.413. The fraction of sp³-hybridized carbons (Fsp3) is 0.850. The van der Waals surface area contributed by atoms with Gasteiger partial charge in [-0.2, -0.15) is 0 Å². The first-order valence-electron chi connectivity index (χ1n) is 9.24. The molecule has 0 spiro atoms. The Bertz CT molecular complexity index is 486. The van der Waals surface area contributed by atoms with Crippen molar-refractivity contribution in [2.75, 3.05) is 6.61 Å². The van der Waals surface area contributed by atoms with Crippen molar-refractivity contribution in [1.29, 1.82) is 0 Å². The van der Waals surface area contributed by atoms with Crippen LogP contribution in [0.1, 0.15) is 54.4 Å². The molecule has 2 bridgehead atoms. The number of hydrogen-bond acceptors (Lipinski definition) is 2. The molecular weight excluding hydrogens is 300 g/mol. The molecule has 0 heterocycles. The second-order valence-electron chi connectivity index (χ2n) is 9.91. The summed E-state index contributed by atoms with van der Waals surface area (Å²) in [4.78, 5) is 12.3. The molecule has 3 aliphatic rings. The molecule has 0 saturated heterocycles. The zero-order valence-electron chi connectivity index (χ0n) is 16.4. The number of carbonyl (C=O) groups is 1. The first kappa shape index (κ1) is 18.9. The molecule has 1 saturated carbocycles. The van der Waals surface area contributed by atoms with Crippen LogP contribution in [0.5, 0.6) is 0 Å². The van der Waals surface area contributed by atoms with Gasteiger partial charge in [0.15, 0.2) is 8.32 Å². The van der Waals surface area contributed by atoms with Gasteiger partial charge in [0.05, 0.1) is 0 Å². The maximum absolute atomic E-state index is 12.3. The molecule has 1 fully saturated rings. The summed E-state index contributed by atoms with van der Waals surface area (Å²) in [6.07, 6.45) is 6.24. The maximum atomic E-state index is 12.3. The smallest absolute Gasteiger partial charge is 0.191 e. The largest absolute Gasteiger partial charge is 0.417 e. The van der Waals surface area contributed by atoms with E-state index in [-0.39, 0.29) is 10.5 Å². The van der Waals surface area contributed by atoms with Crippen molar-refractivity contribution in [3.05, 3.63) is 12.2 Å². The van der Waals surface area contributed by atoms with E-state index in [1.165, 1.54) is 0 Å². The van der Waals surface area contributed by atoms with Gasteiger partial charge in [-0.15, -0.1) is 0 Å². The standard InChI is InChI=1S/C20H36O2Si/c1-14(2)17(13-22-23(7,8)19(3,4)5)16-12-20(6)10-9-15(16)11-18(20)21/h9-10,14-17H,11-13H2,1-8H3/t15-,16-,17-,20-/m0/s1. The molecular formula is C20H36O2Si. The zero-order valence-corrected chi connectivity index (χ0v) is 17.4. The summed E-state index contributed by atoms with van der Waals surface area (Å²) in [7, 11) is -1.72.